The van der Waals surface area contributed by atoms with Crippen molar-refractivity contribution >= 4 is 23.2 Å². The fourth-order valence-corrected chi connectivity index (χ4v) is 2.24. The molecule has 0 saturated carbocycles. The molecule has 0 aliphatic carbocycles. The number of ether oxygens (including phenoxy) is 2. The minimum absolute atomic E-state index is 0.552. The summed E-state index contributed by atoms with van der Waals surface area (Å²) in [6.45, 7) is 2.49. The first-order chi connectivity index (χ1) is 11.3. The maximum atomic E-state index is 5.63. The van der Waals surface area contributed by atoms with Gasteiger partial charge in [0.05, 0.1) is 24.8 Å². The lowest BCUT2D eigenvalue weighted by Gasteiger charge is -2.07. The molecule has 3 aromatic rings. The van der Waals surface area contributed by atoms with Crippen LogP contribution in [0.2, 0.25) is 0 Å². The predicted octanol–water partition coefficient (Wildman–Crippen LogP) is 4.21. The number of benzene rings is 2. The molecular formula is C19H18N2O2. The van der Waals surface area contributed by atoms with Crippen LogP contribution in [0.1, 0.15) is 18.2 Å². The molecule has 2 aromatic carbocycles. The third-order valence-corrected chi connectivity index (χ3v) is 3.39. The van der Waals surface area contributed by atoms with Gasteiger partial charge in [-0.15, -0.1) is 0 Å². The van der Waals surface area contributed by atoms with E-state index in [9.17, 15) is 0 Å². The standard InChI is InChI=1S/C19H18N2O2/c1-3-23-19-18(20-16-6-4-5-7-17(16)21-19)13-10-14-8-11-15(22-2)12-9-14/h4-13H,3H2,1-2H3/b13-10+. The lowest BCUT2D eigenvalue weighted by atomic mass is 10.2. The third kappa shape index (κ3) is 3.48. The molecule has 0 radical (unpaired) electrons. The van der Waals surface area contributed by atoms with Gasteiger partial charge in [-0.25, -0.2) is 9.97 Å². The van der Waals surface area contributed by atoms with Crippen molar-refractivity contribution in [2.45, 2.75) is 6.92 Å². The molecule has 3 rings (SSSR count). The monoisotopic (exact) mass is 306 g/mol. The van der Waals surface area contributed by atoms with Crippen molar-refractivity contribution in [3.05, 3.63) is 59.8 Å². The van der Waals surface area contributed by atoms with Gasteiger partial charge in [0.1, 0.15) is 11.4 Å². The summed E-state index contributed by atoms with van der Waals surface area (Å²) in [7, 11) is 1.66. The Morgan fingerprint density at radius 2 is 1.61 bits per heavy atom. The highest BCUT2D eigenvalue weighted by Gasteiger charge is 2.07. The van der Waals surface area contributed by atoms with E-state index in [2.05, 4.69) is 9.97 Å². The van der Waals surface area contributed by atoms with Gasteiger partial charge in [0.25, 0.3) is 0 Å². The SMILES string of the molecule is CCOc1nc2ccccc2nc1/C=C/c1ccc(OC)cc1. The topological polar surface area (TPSA) is 44.2 Å². The van der Waals surface area contributed by atoms with Gasteiger partial charge in [0.2, 0.25) is 5.88 Å². The normalized spacial score (nSPS) is 11.0. The van der Waals surface area contributed by atoms with E-state index in [1.54, 1.807) is 7.11 Å². The van der Waals surface area contributed by atoms with E-state index in [-0.39, 0.29) is 0 Å². The van der Waals surface area contributed by atoms with Gasteiger partial charge in [-0.05, 0) is 42.8 Å². The maximum absolute atomic E-state index is 5.63. The zero-order valence-corrected chi connectivity index (χ0v) is 13.2. The quantitative estimate of drug-likeness (QED) is 0.708. The second-order valence-electron chi connectivity index (χ2n) is 4.94. The van der Waals surface area contributed by atoms with Crippen LogP contribution >= 0.6 is 0 Å². The Hall–Kier alpha value is -2.88. The Morgan fingerprint density at radius 1 is 0.913 bits per heavy atom. The van der Waals surface area contributed by atoms with Crippen LogP contribution in [-0.4, -0.2) is 23.7 Å². The lowest BCUT2D eigenvalue weighted by Crippen LogP contribution is -1.99. The van der Waals surface area contributed by atoms with Gasteiger partial charge < -0.3 is 9.47 Å². The second kappa shape index (κ2) is 6.92. The first kappa shape index (κ1) is 15.0. The van der Waals surface area contributed by atoms with E-state index in [4.69, 9.17) is 9.47 Å². The minimum atomic E-state index is 0.552. The molecule has 116 valence electrons. The molecule has 0 aliphatic rings. The van der Waals surface area contributed by atoms with Crippen molar-refractivity contribution in [1.29, 1.82) is 0 Å². The molecule has 0 saturated heterocycles. The Labute approximate surface area is 135 Å². The third-order valence-electron chi connectivity index (χ3n) is 3.39. The number of aromatic nitrogens is 2. The summed E-state index contributed by atoms with van der Waals surface area (Å²) in [4.78, 5) is 9.19. The molecule has 0 fully saturated rings. The Balaban J connectivity index is 1.96. The fraction of sp³-hybridized carbons (Fsp3) is 0.158. The van der Waals surface area contributed by atoms with Crippen LogP contribution in [0.15, 0.2) is 48.5 Å². The van der Waals surface area contributed by atoms with E-state index in [1.165, 1.54) is 0 Å². The van der Waals surface area contributed by atoms with Crippen molar-refractivity contribution in [2.75, 3.05) is 13.7 Å². The highest BCUT2D eigenvalue weighted by atomic mass is 16.5. The van der Waals surface area contributed by atoms with Crippen molar-refractivity contribution in [3.63, 3.8) is 0 Å². The number of para-hydroxylation sites is 2. The van der Waals surface area contributed by atoms with Gasteiger partial charge in [-0.2, -0.15) is 0 Å². The number of methoxy groups -OCH3 is 1. The Morgan fingerprint density at radius 3 is 2.26 bits per heavy atom. The number of hydrogen-bond acceptors (Lipinski definition) is 4. The smallest absolute Gasteiger partial charge is 0.240 e. The molecular weight excluding hydrogens is 288 g/mol. The molecule has 4 nitrogen and oxygen atoms in total. The van der Waals surface area contributed by atoms with Crippen molar-refractivity contribution in [3.8, 4) is 11.6 Å². The Kier molecular flexibility index (Phi) is 4.52. The summed E-state index contributed by atoms with van der Waals surface area (Å²) < 4.78 is 10.8. The largest absolute Gasteiger partial charge is 0.497 e. The fourth-order valence-electron chi connectivity index (χ4n) is 2.24. The van der Waals surface area contributed by atoms with E-state index < -0.39 is 0 Å². The highest BCUT2D eigenvalue weighted by molar-refractivity contribution is 5.78. The summed E-state index contributed by atoms with van der Waals surface area (Å²) in [6.07, 6.45) is 3.91. The first-order valence-electron chi connectivity index (χ1n) is 7.52. The molecule has 0 amide bonds. The van der Waals surface area contributed by atoms with E-state index in [0.717, 1.165) is 28.0 Å². The second-order valence-corrected chi connectivity index (χ2v) is 4.94. The molecule has 0 unspecified atom stereocenters. The Bertz CT molecular complexity index is 826. The van der Waals surface area contributed by atoms with Crippen molar-refractivity contribution in [1.82, 2.24) is 9.97 Å². The van der Waals surface area contributed by atoms with E-state index in [0.29, 0.717) is 12.5 Å². The molecule has 1 heterocycles. The van der Waals surface area contributed by atoms with E-state index >= 15 is 0 Å². The number of rotatable bonds is 5. The van der Waals surface area contributed by atoms with E-state index in [1.807, 2.05) is 67.6 Å². The molecule has 0 aliphatic heterocycles. The van der Waals surface area contributed by atoms with Crippen LogP contribution in [-0.2, 0) is 0 Å². The molecule has 0 bridgehead atoms. The average molecular weight is 306 g/mol. The van der Waals surface area contributed by atoms with Gasteiger partial charge in [0.15, 0.2) is 0 Å². The highest BCUT2D eigenvalue weighted by Crippen LogP contribution is 2.21. The van der Waals surface area contributed by atoms with Crippen LogP contribution in [0, 0.1) is 0 Å². The molecule has 1 aromatic heterocycles. The van der Waals surface area contributed by atoms with Crippen LogP contribution < -0.4 is 9.47 Å². The van der Waals surface area contributed by atoms with Gasteiger partial charge in [-0.1, -0.05) is 30.3 Å². The number of hydrogen-bond donors (Lipinski definition) is 0. The van der Waals surface area contributed by atoms with Gasteiger partial charge >= 0.3 is 0 Å². The summed E-state index contributed by atoms with van der Waals surface area (Å²) in [6, 6.07) is 15.6. The average Bonchev–Trinajstić information content (AvgIpc) is 2.60. The number of fused-ring (bicyclic) bond motifs is 1. The molecule has 0 spiro atoms. The zero-order valence-electron chi connectivity index (χ0n) is 13.2. The summed E-state index contributed by atoms with van der Waals surface area (Å²) in [5.41, 5.74) is 3.47. The summed E-state index contributed by atoms with van der Waals surface area (Å²) in [5, 5.41) is 0. The first-order valence-corrected chi connectivity index (χ1v) is 7.52. The van der Waals surface area contributed by atoms with Crippen LogP contribution in [0.5, 0.6) is 11.6 Å². The van der Waals surface area contributed by atoms with Crippen LogP contribution in [0.3, 0.4) is 0 Å². The number of nitrogens with zero attached hydrogens (tertiary/aromatic N) is 2. The maximum Gasteiger partial charge on any atom is 0.240 e. The van der Waals surface area contributed by atoms with Crippen molar-refractivity contribution in [2.24, 2.45) is 0 Å². The van der Waals surface area contributed by atoms with Crippen LogP contribution in [0.25, 0.3) is 23.2 Å². The molecule has 0 N–H and O–H groups in total. The van der Waals surface area contributed by atoms with Crippen LogP contribution in [0.4, 0.5) is 0 Å². The van der Waals surface area contributed by atoms with Crippen molar-refractivity contribution < 1.29 is 9.47 Å². The minimum Gasteiger partial charge on any atom is -0.497 e. The molecule has 4 heteroatoms. The predicted molar refractivity (Wildman–Crippen MR) is 92.6 cm³/mol. The van der Waals surface area contributed by atoms with Gasteiger partial charge in [0, 0.05) is 0 Å². The lowest BCUT2D eigenvalue weighted by molar-refractivity contribution is 0.326. The molecule has 23 heavy (non-hydrogen) atoms. The zero-order chi connectivity index (χ0) is 16.1. The van der Waals surface area contributed by atoms with Gasteiger partial charge in [-0.3, -0.25) is 0 Å². The summed E-state index contributed by atoms with van der Waals surface area (Å²) in [5.74, 6) is 1.39. The molecule has 0 atom stereocenters. The summed E-state index contributed by atoms with van der Waals surface area (Å²) >= 11 is 0.